The fraction of sp³-hybridized carbons (Fsp3) is 0.172. The molecule has 0 aliphatic heterocycles. The average Bonchev–Trinajstić information content (AvgIpc) is 3.30. The predicted octanol–water partition coefficient (Wildman–Crippen LogP) is 13.0. The summed E-state index contributed by atoms with van der Waals surface area (Å²) in [6.07, 6.45) is 0. The number of hydrogen-bond acceptors (Lipinski definition) is 6. The molecule has 0 saturated heterocycles. The van der Waals surface area contributed by atoms with Crippen LogP contribution in [0.2, 0.25) is 0 Å². The third kappa shape index (κ3) is 8.91. The molecule has 0 saturated carbocycles. The molecule has 6 heteroatoms. The summed E-state index contributed by atoms with van der Waals surface area (Å²) in [5, 5.41) is 58.5. The van der Waals surface area contributed by atoms with Crippen LogP contribution in [-0.2, 0) is 21.7 Å². The highest BCUT2D eigenvalue weighted by molar-refractivity contribution is 5.54. The first-order valence-corrected chi connectivity index (χ1v) is 21.4. The van der Waals surface area contributed by atoms with Gasteiger partial charge in [0, 0.05) is 21.7 Å². The molecule has 6 nitrogen and oxygen atoms in total. The minimum Gasteiger partial charge on any atom is -0.508 e. The molecule has 0 radical (unpaired) electrons. The lowest BCUT2D eigenvalue weighted by Crippen LogP contribution is -2.26. The van der Waals surface area contributed by atoms with Crippen molar-refractivity contribution < 1.29 is 30.6 Å². The van der Waals surface area contributed by atoms with Crippen LogP contribution in [0.15, 0.2) is 194 Å². The van der Waals surface area contributed by atoms with Gasteiger partial charge in [-0.1, -0.05) is 149 Å². The average molecular weight is 849 g/mol. The van der Waals surface area contributed by atoms with E-state index in [9.17, 15) is 30.6 Å². The standard InChI is InChI=1S/2C29H28O3/c2*1-28(2,21-8-14-25(30)15-9-21)20-4-6-22(7-5-20)29(3,23-10-16-26(31)17-11-23)24-12-18-27(32)19-13-24/h2*4-19,30-32H,1-3H3. The third-order valence-corrected chi connectivity index (χ3v) is 13.3. The van der Waals surface area contributed by atoms with E-state index < -0.39 is 10.8 Å². The summed E-state index contributed by atoms with van der Waals surface area (Å²) in [4.78, 5) is 0. The van der Waals surface area contributed by atoms with E-state index in [0.29, 0.717) is 0 Å². The molecular formula is C58H56O6. The van der Waals surface area contributed by atoms with E-state index in [0.717, 1.165) is 44.5 Å². The Hall–Kier alpha value is -7.44. The molecule has 0 atom stereocenters. The van der Waals surface area contributed by atoms with Gasteiger partial charge in [-0.2, -0.15) is 0 Å². The van der Waals surface area contributed by atoms with Gasteiger partial charge in [-0.3, -0.25) is 0 Å². The van der Waals surface area contributed by atoms with Crippen LogP contribution >= 0.6 is 0 Å². The second-order valence-electron chi connectivity index (χ2n) is 17.9. The van der Waals surface area contributed by atoms with Gasteiger partial charge in [-0.05, 0) is 142 Å². The number of phenols is 6. The molecule has 6 N–H and O–H groups in total. The van der Waals surface area contributed by atoms with Crippen LogP contribution in [0, 0.1) is 0 Å². The number of aromatic hydroxyl groups is 6. The minimum atomic E-state index is -0.470. The number of rotatable bonds is 10. The Morgan fingerprint density at radius 2 is 0.297 bits per heavy atom. The maximum absolute atomic E-state index is 9.80. The van der Waals surface area contributed by atoms with Crippen LogP contribution in [0.25, 0.3) is 0 Å². The van der Waals surface area contributed by atoms with Gasteiger partial charge in [-0.25, -0.2) is 0 Å². The molecule has 0 fully saturated rings. The summed E-state index contributed by atoms with van der Waals surface area (Å²) in [5.41, 5.74) is 9.63. The van der Waals surface area contributed by atoms with Crippen molar-refractivity contribution in [2.45, 2.75) is 63.2 Å². The maximum Gasteiger partial charge on any atom is 0.115 e. The Morgan fingerprint density at radius 3 is 0.453 bits per heavy atom. The molecule has 0 aliphatic rings. The Kier molecular flexibility index (Phi) is 12.4. The van der Waals surface area contributed by atoms with Gasteiger partial charge in [0.05, 0.1) is 0 Å². The summed E-state index contributed by atoms with van der Waals surface area (Å²) in [7, 11) is 0. The fourth-order valence-electron chi connectivity index (χ4n) is 8.71. The van der Waals surface area contributed by atoms with Gasteiger partial charge in [0.1, 0.15) is 34.5 Å². The number of benzene rings is 8. The van der Waals surface area contributed by atoms with E-state index in [1.54, 1.807) is 72.8 Å². The molecule has 324 valence electrons. The quantitative estimate of drug-likeness (QED) is 0.0763. The van der Waals surface area contributed by atoms with Crippen molar-refractivity contribution in [3.05, 3.63) is 250 Å². The molecule has 8 rings (SSSR count). The van der Waals surface area contributed by atoms with E-state index in [1.165, 1.54) is 11.1 Å². The summed E-state index contributed by atoms with van der Waals surface area (Å²) < 4.78 is 0. The summed E-state index contributed by atoms with van der Waals surface area (Å²) in [6, 6.07) is 61.1. The normalized spacial score (nSPS) is 12.0. The van der Waals surface area contributed by atoms with Crippen LogP contribution < -0.4 is 0 Å². The van der Waals surface area contributed by atoms with Crippen molar-refractivity contribution in [1.82, 2.24) is 0 Å². The van der Waals surface area contributed by atoms with Crippen molar-refractivity contribution >= 4 is 0 Å². The minimum absolute atomic E-state index is 0.223. The van der Waals surface area contributed by atoms with Gasteiger partial charge >= 0.3 is 0 Å². The van der Waals surface area contributed by atoms with E-state index in [-0.39, 0.29) is 45.3 Å². The van der Waals surface area contributed by atoms with Gasteiger partial charge in [0.15, 0.2) is 0 Å². The monoisotopic (exact) mass is 848 g/mol. The molecule has 8 aromatic rings. The van der Waals surface area contributed by atoms with E-state index in [1.807, 2.05) is 72.8 Å². The van der Waals surface area contributed by atoms with Crippen molar-refractivity contribution in [2.24, 2.45) is 0 Å². The van der Waals surface area contributed by atoms with Gasteiger partial charge in [-0.15, -0.1) is 0 Å². The second kappa shape index (κ2) is 17.7. The Morgan fingerprint density at radius 1 is 0.188 bits per heavy atom. The number of hydrogen-bond donors (Lipinski definition) is 6. The molecule has 0 aliphatic carbocycles. The lowest BCUT2D eigenvalue weighted by Gasteiger charge is -2.33. The molecule has 0 unspecified atom stereocenters. The van der Waals surface area contributed by atoms with Gasteiger partial charge in [0.25, 0.3) is 0 Å². The van der Waals surface area contributed by atoms with Gasteiger partial charge < -0.3 is 30.6 Å². The highest BCUT2D eigenvalue weighted by Crippen LogP contribution is 2.43. The molecule has 0 heterocycles. The Labute approximate surface area is 376 Å². The Balaban J connectivity index is 0.000000191. The van der Waals surface area contributed by atoms with Crippen molar-refractivity contribution in [1.29, 1.82) is 0 Å². The second-order valence-corrected chi connectivity index (χ2v) is 17.9. The number of phenolic OH excluding ortho intramolecular Hbond substituents is 6. The molecule has 0 amide bonds. The summed E-state index contributed by atoms with van der Waals surface area (Å²) in [5.74, 6) is 1.44. The van der Waals surface area contributed by atoms with Crippen molar-refractivity contribution in [3.63, 3.8) is 0 Å². The van der Waals surface area contributed by atoms with Crippen molar-refractivity contribution in [2.75, 3.05) is 0 Å². The molecule has 0 bridgehead atoms. The SMILES string of the molecule is CC(C)(c1ccc(O)cc1)c1ccc(C(C)(c2ccc(O)cc2)c2ccc(O)cc2)cc1.CC(C)(c1ccc(O)cc1)c1ccc(C(C)(c2ccc(O)cc2)c2ccc(O)cc2)cc1. The molecular weight excluding hydrogens is 793 g/mol. The zero-order chi connectivity index (χ0) is 45.9. The smallest absolute Gasteiger partial charge is 0.115 e. The third-order valence-electron chi connectivity index (χ3n) is 13.3. The Bertz CT molecular complexity index is 2480. The molecule has 64 heavy (non-hydrogen) atoms. The first kappa shape index (κ1) is 44.6. The molecule has 0 aromatic heterocycles. The molecule has 8 aromatic carbocycles. The van der Waals surface area contributed by atoms with Crippen LogP contribution in [0.5, 0.6) is 34.5 Å². The summed E-state index contributed by atoms with van der Waals surface area (Å²) >= 11 is 0. The van der Waals surface area contributed by atoms with Crippen LogP contribution in [-0.4, -0.2) is 30.6 Å². The first-order valence-electron chi connectivity index (χ1n) is 21.4. The lowest BCUT2D eigenvalue weighted by atomic mass is 9.70. The van der Waals surface area contributed by atoms with E-state index >= 15 is 0 Å². The fourth-order valence-corrected chi connectivity index (χ4v) is 8.71. The van der Waals surface area contributed by atoms with E-state index in [4.69, 9.17) is 0 Å². The lowest BCUT2D eigenvalue weighted by molar-refractivity contribution is 0.473. The topological polar surface area (TPSA) is 121 Å². The maximum atomic E-state index is 9.80. The molecule has 0 spiro atoms. The zero-order valence-corrected chi connectivity index (χ0v) is 37.2. The van der Waals surface area contributed by atoms with Crippen LogP contribution in [0.3, 0.4) is 0 Å². The first-order chi connectivity index (χ1) is 30.4. The largest absolute Gasteiger partial charge is 0.508 e. The van der Waals surface area contributed by atoms with Crippen molar-refractivity contribution in [3.8, 4) is 34.5 Å². The highest BCUT2D eigenvalue weighted by Gasteiger charge is 2.34. The van der Waals surface area contributed by atoms with Gasteiger partial charge in [0.2, 0.25) is 0 Å². The van der Waals surface area contributed by atoms with E-state index in [2.05, 4.69) is 90.1 Å². The predicted molar refractivity (Wildman–Crippen MR) is 257 cm³/mol. The van der Waals surface area contributed by atoms with Crippen LogP contribution in [0.4, 0.5) is 0 Å². The highest BCUT2D eigenvalue weighted by atomic mass is 16.3. The zero-order valence-electron chi connectivity index (χ0n) is 37.2. The van der Waals surface area contributed by atoms with Crippen LogP contribution in [0.1, 0.15) is 97.2 Å². The summed E-state index contributed by atoms with van der Waals surface area (Å²) in [6.45, 7) is 13.0.